The van der Waals surface area contributed by atoms with Gasteiger partial charge in [0.15, 0.2) is 0 Å². The van der Waals surface area contributed by atoms with Crippen molar-refractivity contribution in [2.24, 2.45) is 0 Å². The number of rotatable bonds is 4. The largest absolute Gasteiger partial charge is 1.00 e. The van der Waals surface area contributed by atoms with E-state index in [0.29, 0.717) is 0 Å². The molecule has 112 valence electrons. The van der Waals surface area contributed by atoms with Gasteiger partial charge in [-0.05, 0) is 0 Å². The predicted octanol–water partition coefficient (Wildman–Crippen LogP) is -12.7. The molecule has 0 aliphatic carbocycles. The Hall–Kier alpha value is 3.16. The van der Waals surface area contributed by atoms with Crippen LogP contribution in [0.5, 0.6) is 0 Å². The van der Waals surface area contributed by atoms with Crippen molar-refractivity contribution in [1.29, 1.82) is 0 Å². The predicted molar refractivity (Wildman–Crippen MR) is 32.6 cm³/mol. The van der Waals surface area contributed by atoms with E-state index in [4.69, 9.17) is 0 Å². The van der Waals surface area contributed by atoms with Gasteiger partial charge in [0.05, 0.1) is 31.3 Å². The van der Waals surface area contributed by atoms with E-state index in [-0.39, 0.29) is 80.9 Å². The molecule has 0 radical (unpaired) electrons. The third kappa shape index (κ3) is 37.4. The minimum absolute atomic E-state index is 0. The number of phosphoric acid groups is 4. The van der Waals surface area contributed by atoms with Gasteiger partial charge >= 0.3 is 80.9 Å². The smallest absolute Gasteiger partial charge is 0.790 e. The third-order valence-corrected chi connectivity index (χ3v) is 3.60. The molecule has 20 heavy (non-hydrogen) atoms. The third-order valence-electron chi connectivity index (χ3n) is 0.400. The summed E-state index contributed by atoms with van der Waals surface area (Å²) < 4.78 is 42.3. The van der Waals surface area contributed by atoms with Crippen LogP contribution in [-0.2, 0) is 26.9 Å². The van der Waals surface area contributed by atoms with E-state index in [1.165, 1.54) is 0 Å². The van der Waals surface area contributed by atoms with Crippen molar-refractivity contribution in [3.8, 4) is 0 Å². The first-order valence-electron chi connectivity index (χ1n) is 2.92. The van der Waals surface area contributed by atoms with E-state index < -0.39 is 31.3 Å². The molecule has 0 bridgehead atoms. The van der Waals surface area contributed by atoms with Crippen LogP contribution in [0.15, 0.2) is 0 Å². The second-order valence-electron chi connectivity index (χ2n) is 1.95. The van der Waals surface area contributed by atoms with Crippen molar-refractivity contribution in [3.63, 3.8) is 0 Å². The molecule has 0 fully saturated rings. The fourth-order valence-corrected chi connectivity index (χ4v) is 2.20. The van der Waals surface area contributed by atoms with Gasteiger partial charge in [0, 0.05) is 0 Å². The van der Waals surface area contributed by atoms with E-state index >= 15 is 0 Å². The Morgan fingerprint density at radius 1 is 0.500 bits per heavy atom. The van der Waals surface area contributed by atoms with Crippen LogP contribution in [0.3, 0.4) is 0 Å². The van der Waals surface area contributed by atoms with Gasteiger partial charge in [0.2, 0.25) is 0 Å². The second-order valence-corrected chi connectivity index (χ2v) is 6.84. The number of hydrogen-bond acceptors (Lipinski definition) is 14. The molecule has 0 N–H and O–H groups in total. The van der Waals surface area contributed by atoms with Gasteiger partial charge in [-0.15, -0.1) is 0 Å². The average Bonchev–Trinajstić information content (AvgIpc) is 1.64. The van der Waals surface area contributed by atoms with Gasteiger partial charge in [-0.1, -0.05) is 0 Å². The fraction of sp³-hybridized carbons (Fsp3) is 0. The maximum atomic E-state index is 9.32. The molecule has 0 saturated carbocycles. The van der Waals surface area contributed by atoms with Crippen LogP contribution >= 0.6 is 31.3 Å². The molecule has 0 saturated heterocycles. The van der Waals surface area contributed by atoms with Crippen LogP contribution in [0.1, 0.15) is 0 Å². The first-order valence-corrected chi connectivity index (χ1v) is 8.76. The maximum Gasteiger partial charge on any atom is 1.00 e. The van der Waals surface area contributed by atoms with Crippen molar-refractivity contribution in [3.05, 3.63) is 0 Å². The molecule has 0 rings (SSSR count). The standard InChI is InChI=1S/K.Na.2H4O7P2/c;;2*1-8(2,3)7-9(4,5)6/h;;2*(H2,1,2,3)(H2,4,5,6)/q2*+1;;/p-8. The first kappa shape index (κ1) is 31.0. The summed E-state index contributed by atoms with van der Waals surface area (Å²) in [5.41, 5.74) is 0. The molecule has 0 unspecified atom stereocenters. The average molecular weight is 410 g/mol. The first-order chi connectivity index (χ1) is 7.41. The molecular formula is KNaO14P4-6. The van der Waals surface area contributed by atoms with Crippen molar-refractivity contribution in [1.82, 2.24) is 0 Å². The molecule has 0 spiro atoms. The zero-order valence-electron chi connectivity index (χ0n) is 9.50. The van der Waals surface area contributed by atoms with Crippen LogP contribution < -0.4 is 120 Å². The van der Waals surface area contributed by atoms with Crippen molar-refractivity contribution >= 4 is 31.3 Å². The molecule has 0 aliphatic rings. The summed E-state index contributed by atoms with van der Waals surface area (Å²) in [4.78, 5) is 74.6. The van der Waals surface area contributed by atoms with Crippen molar-refractivity contribution < 1.29 is 147 Å². The Morgan fingerprint density at radius 3 is 0.600 bits per heavy atom. The molecule has 0 atom stereocenters. The van der Waals surface area contributed by atoms with Crippen molar-refractivity contribution in [2.45, 2.75) is 0 Å². The minimum Gasteiger partial charge on any atom is -0.790 e. The van der Waals surface area contributed by atoms with E-state index in [0.717, 1.165) is 0 Å². The van der Waals surface area contributed by atoms with Gasteiger partial charge < -0.3 is 66.0 Å². The molecule has 0 amide bonds. The van der Waals surface area contributed by atoms with E-state index in [1.807, 2.05) is 0 Å². The van der Waals surface area contributed by atoms with Gasteiger partial charge in [0.1, 0.15) is 0 Å². The Bertz CT molecular complexity index is 348. The Labute approximate surface area is 175 Å². The summed E-state index contributed by atoms with van der Waals surface area (Å²) in [7, 11) is -22.7. The summed E-state index contributed by atoms with van der Waals surface area (Å²) in [5.74, 6) is 0. The molecular weight excluding hydrogens is 410 g/mol. The Morgan fingerprint density at radius 2 is 0.600 bits per heavy atom. The van der Waals surface area contributed by atoms with Crippen LogP contribution in [0.25, 0.3) is 0 Å². The molecule has 0 aromatic heterocycles. The van der Waals surface area contributed by atoms with Crippen molar-refractivity contribution in [2.75, 3.05) is 0 Å². The molecule has 0 aromatic carbocycles. The maximum absolute atomic E-state index is 9.32. The fourth-order valence-electron chi connectivity index (χ4n) is 0.245. The SMILES string of the molecule is O=P([O-])([O-])OP(=O)([O-])[O-].O=P([O-])([O-])OP(=O)([O-])[O-].[K+].[Na+]. The van der Waals surface area contributed by atoms with Crippen LogP contribution in [0, 0.1) is 0 Å². The molecule has 0 heterocycles. The topological polar surface area (TPSA) is 271 Å². The molecule has 20 heteroatoms. The van der Waals surface area contributed by atoms with Crippen LogP contribution in [0.2, 0.25) is 0 Å². The summed E-state index contributed by atoms with van der Waals surface area (Å²) >= 11 is 0. The Balaban J connectivity index is -0.000000116. The minimum atomic E-state index is -5.68. The van der Waals surface area contributed by atoms with Gasteiger partial charge in [0.25, 0.3) is 0 Å². The van der Waals surface area contributed by atoms with Gasteiger partial charge in [-0.3, -0.25) is 0 Å². The van der Waals surface area contributed by atoms with Crippen LogP contribution in [-0.4, -0.2) is 0 Å². The second kappa shape index (κ2) is 11.7. The van der Waals surface area contributed by atoms with E-state index in [2.05, 4.69) is 8.62 Å². The van der Waals surface area contributed by atoms with Gasteiger partial charge in [-0.25, -0.2) is 0 Å². The quantitative estimate of drug-likeness (QED) is 0.307. The van der Waals surface area contributed by atoms with E-state index in [9.17, 15) is 57.4 Å². The monoisotopic (exact) mass is 410 g/mol. The Kier molecular flexibility index (Phi) is 18.1. The molecule has 14 nitrogen and oxygen atoms in total. The summed E-state index contributed by atoms with van der Waals surface area (Å²) in [5, 5.41) is 0. The summed E-state index contributed by atoms with van der Waals surface area (Å²) in [6, 6.07) is 0. The summed E-state index contributed by atoms with van der Waals surface area (Å²) in [6.07, 6.45) is 0. The summed E-state index contributed by atoms with van der Waals surface area (Å²) in [6.45, 7) is 0. The zero-order chi connectivity index (χ0) is 15.4. The zero-order valence-corrected chi connectivity index (χ0v) is 18.2. The van der Waals surface area contributed by atoms with Crippen LogP contribution in [0.4, 0.5) is 0 Å². The number of hydrogen-bond donors (Lipinski definition) is 0. The van der Waals surface area contributed by atoms with E-state index in [1.54, 1.807) is 0 Å². The molecule has 0 aromatic rings. The normalized spacial score (nSPS) is 12.4. The molecule has 0 aliphatic heterocycles. The van der Waals surface area contributed by atoms with Gasteiger partial charge in [-0.2, -0.15) is 0 Å².